The van der Waals surface area contributed by atoms with Crippen molar-refractivity contribution in [3.05, 3.63) is 59.7 Å². The molecule has 3 amide bonds. The van der Waals surface area contributed by atoms with Crippen LogP contribution in [-0.4, -0.2) is 42.9 Å². The van der Waals surface area contributed by atoms with Gasteiger partial charge in [-0.2, -0.15) is 0 Å². The standard InChI is InChI=1S/C21H21N3O5/c1-13-6-5-7-15(10-13)20(27)22-14(2)21(28)29-12-19(26)24-11-18(25)23-16-8-3-4-9-17(16)24/h3-10,14H,11-12H2,1-2H3,(H,22,27)(H,23,25)/t14-/m0/s1. The molecule has 0 spiro atoms. The van der Waals surface area contributed by atoms with Crippen LogP contribution in [0.2, 0.25) is 0 Å². The number of esters is 1. The fourth-order valence-corrected chi connectivity index (χ4v) is 2.92. The maximum Gasteiger partial charge on any atom is 0.328 e. The third-order valence-electron chi connectivity index (χ3n) is 4.39. The molecule has 8 heteroatoms. The molecule has 2 N–H and O–H groups in total. The molecule has 0 fully saturated rings. The zero-order valence-corrected chi connectivity index (χ0v) is 16.1. The summed E-state index contributed by atoms with van der Waals surface area (Å²) in [6.07, 6.45) is 0. The number of fused-ring (bicyclic) bond motifs is 1. The van der Waals surface area contributed by atoms with Gasteiger partial charge in [0, 0.05) is 5.56 Å². The molecule has 1 aliphatic heterocycles. The molecule has 1 atom stereocenters. The van der Waals surface area contributed by atoms with Gasteiger partial charge >= 0.3 is 5.97 Å². The summed E-state index contributed by atoms with van der Waals surface area (Å²) in [7, 11) is 0. The number of para-hydroxylation sites is 2. The molecule has 29 heavy (non-hydrogen) atoms. The van der Waals surface area contributed by atoms with Crippen molar-refractivity contribution in [1.82, 2.24) is 5.32 Å². The molecule has 1 heterocycles. The number of nitrogens with zero attached hydrogens (tertiary/aromatic N) is 1. The monoisotopic (exact) mass is 395 g/mol. The third-order valence-corrected chi connectivity index (χ3v) is 4.39. The quantitative estimate of drug-likeness (QED) is 0.749. The normalized spacial score (nSPS) is 13.7. The fourth-order valence-electron chi connectivity index (χ4n) is 2.92. The number of carbonyl (C=O) groups excluding carboxylic acids is 4. The van der Waals surface area contributed by atoms with Gasteiger partial charge in [-0.25, -0.2) is 4.79 Å². The van der Waals surface area contributed by atoms with E-state index in [9.17, 15) is 19.2 Å². The van der Waals surface area contributed by atoms with Gasteiger partial charge in [-0.05, 0) is 38.1 Å². The summed E-state index contributed by atoms with van der Waals surface area (Å²) in [5, 5.41) is 5.23. The minimum atomic E-state index is -0.937. The Kier molecular flexibility index (Phi) is 5.92. The van der Waals surface area contributed by atoms with E-state index in [-0.39, 0.29) is 12.5 Å². The zero-order valence-electron chi connectivity index (χ0n) is 16.1. The highest BCUT2D eigenvalue weighted by atomic mass is 16.5. The van der Waals surface area contributed by atoms with E-state index < -0.39 is 30.4 Å². The van der Waals surface area contributed by atoms with Gasteiger partial charge in [-0.3, -0.25) is 19.3 Å². The molecule has 1 aliphatic rings. The van der Waals surface area contributed by atoms with Crippen LogP contribution in [0.4, 0.5) is 11.4 Å². The molecule has 2 aromatic carbocycles. The van der Waals surface area contributed by atoms with Crippen LogP contribution in [0, 0.1) is 6.92 Å². The van der Waals surface area contributed by atoms with Gasteiger partial charge < -0.3 is 15.4 Å². The Balaban J connectivity index is 1.57. The molecule has 2 aromatic rings. The van der Waals surface area contributed by atoms with Crippen LogP contribution in [0.3, 0.4) is 0 Å². The van der Waals surface area contributed by atoms with E-state index in [0.29, 0.717) is 16.9 Å². The van der Waals surface area contributed by atoms with E-state index in [4.69, 9.17) is 4.74 Å². The second kappa shape index (κ2) is 8.55. The zero-order chi connectivity index (χ0) is 21.0. The number of rotatable bonds is 5. The number of ether oxygens (including phenoxy) is 1. The van der Waals surface area contributed by atoms with Crippen LogP contribution in [0.25, 0.3) is 0 Å². The lowest BCUT2D eigenvalue weighted by Gasteiger charge is -2.29. The average molecular weight is 395 g/mol. The molecule has 0 saturated heterocycles. The van der Waals surface area contributed by atoms with Crippen LogP contribution < -0.4 is 15.5 Å². The van der Waals surface area contributed by atoms with Gasteiger partial charge in [0.2, 0.25) is 5.91 Å². The van der Waals surface area contributed by atoms with Crippen molar-refractivity contribution in [1.29, 1.82) is 0 Å². The smallest absolute Gasteiger partial charge is 0.328 e. The predicted octanol–water partition coefficient (Wildman–Crippen LogP) is 1.64. The van der Waals surface area contributed by atoms with Gasteiger partial charge in [0.15, 0.2) is 6.61 Å². The summed E-state index contributed by atoms with van der Waals surface area (Å²) in [4.78, 5) is 50.0. The lowest BCUT2D eigenvalue weighted by molar-refractivity contribution is -0.149. The second-order valence-electron chi connectivity index (χ2n) is 6.72. The van der Waals surface area contributed by atoms with Crippen LogP contribution in [0.5, 0.6) is 0 Å². The topological polar surface area (TPSA) is 105 Å². The third kappa shape index (κ3) is 4.78. The maximum absolute atomic E-state index is 12.5. The lowest BCUT2D eigenvalue weighted by Crippen LogP contribution is -2.45. The molecular weight excluding hydrogens is 374 g/mol. The van der Waals surface area contributed by atoms with Gasteiger partial charge in [-0.1, -0.05) is 29.8 Å². The number of benzene rings is 2. The number of aryl methyl sites for hydroxylation is 1. The number of nitrogens with one attached hydrogen (secondary N) is 2. The molecule has 0 radical (unpaired) electrons. The second-order valence-corrected chi connectivity index (χ2v) is 6.72. The van der Waals surface area contributed by atoms with Gasteiger partial charge in [0.05, 0.1) is 11.4 Å². The van der Waals surface area contributed by atoms with Gasteiger partial charge in [0.1, 0.15) is 12.6 Å². The molecule has 0 bridgehead atoms. The van der Waals surface area contributed by atoms with Gasteiger partial charge in [0.25, 0.3) is 11.8 Å². The Hall–Kier alpha value is -3.68. The van der Waals surface area contributed by atoms with Crippen molar-refractivity contribution >= 4 is 35.1 Å². The van der Waals surface area contributed by atoms with Crippen molar-refractivity contribution in [3.63, 3.8) is 0 Å². The summed E-state index contributed by atoms with van der Waals surface area (Å²) in [6.45, 7) is 2.64. The number of hydrogen-bond donors (Lipinski definition) is 2. The Morgan fingerprint density at radius 2 is 1.93 bits per heavy atom. The van der Waals surface area contributed by atoms with Crippen molar-refractivity contribution in [2.45, 2.75) is 19.9 Å². The van der Waals surface area contributed by atoms with E-state index in [2.05, 4.69) is 10.6 Å². The first kappa shape index (κ1) is 20.1. The number of hydrogen-bond acceptors (Lipinski definition) is 5. The molecule has 0 aromatic heterocycles. The predicted molar refractivity (Wildman–Crippen MR) is 106 cm³/mol. The number of carbonyl (C=O) groups is 4. The Bertz CT molecular complexity index is 972. The van der Waals surface area contributed by atoms with E-state index in [1.54, 1.807) is 42.5 Å². The molecule has 3 rings (SSSR count). The first-order chi connectivity index (χ1) is 13.8. The lowest BCUT2D eigenvalue weighted by atomic mass is 10.1. The minimum absolute atomic E-state index is 0.160. The first-order valence-corrected chi connectivity index (χ1v) is 9.08. The summed E-state index contributed by atoms with van der Waals surface area (Å²) in [5.41, 5.74) is 2.40. The Labute approximate surface area is 167 Å². The Morgan fingerprint density at radius 3 is 2.69 bits per heavy atom. The van der Waals surface area contributed by atoms with E-state index >= 15 is 0 Å². The van der Waals surface area contributed by atoms with Crippen molar-refractivity contribution in [2.24, 2.45) is 0 Å². The number of anilines is 2. The minimum Gasteiger partial charge on any atom is -0.454 e. The van der Waals surface area contributed by atoms with E-state index in [1.807, 2.05) is 13.0 Å². The highest BCUT2D eigenvalue weighted by Gasteiger charge is 2.28. The summed E-state index contributed by atoms with van der Waals surface area (Å²) in [6, 6.07) is 12.9. The van der Waals surface area contributed by atoms with Crippen LogP contribution >= 0.6 is 0 Å². The highest BCUT2D eigenvalue weighted by molar-refractivity contribution is 6.10. The SMILES string of the molecule is Cc1cccc(C(=O)N[C@@H](C)C(=O)OCC(=O)N2CC(=O)Nc3ccccc32)c1. The van der Waals surface area contributed by atoms with Crippen LogP contribution in [0.15, 0.2) is 48.5 Å². The molecule has 8 nitrogen and oxygen atoms in total. The molecular formula is C21H21N3O5. The summed E-state index contributed by atoms with van der Waals surface area (Å²) in [5.74, 6) is -2.01. The first-order valence-electron chi connectivity index (χ1n) is 9.08. The average Bonchev–Trinajstić information content (AvgIpc) is 2.70. The van der Waals surface area contributed by atoms with Crippen LogP contribution in [-0.2, 0) is 19.1 Å². The van der Waals surface area contributed by atoms with Crippen molar-refractivity contribution in [3.8, 4) is 0 Å². The largest absolute Gasteiger partial charge is 0.454 e. The Morgan fingerprint density at radius 1 is 1.17 bits per heavy atom. The van der Waals surface area contributed by atoms with Gasteiger partial charge in [-0.15, -0.1) is 0 Å². The molecule has 0 aliphatic carbocycles. The highest BCUT2D eigenvalue weighted by Crippen LogP contribution is 2.28. The van der Waals surface area contributed by atoms with E-state index in [0.717, 1.165) is 5.56 Å². The van der Waals surface area contributed by atoms with Crippen molar-refractivity contribution < 1.29 is 23.9 Å². The summed E-state index contributed by atoms with van der Waals surface area (Å²) < 4.78 is 5.05. The molecule has 0 saturated carbocycles. The fraction of sp³-hybridized carbons (Fsp3) is 0.238. The molecule has 150 valence electrons. The van der Waals surface area contributed by atoms with Crippen LogP contribution in [0.1, 0.15) is 22.8 Å². The summed E-state index contributed by atoms with van der Waals surface area (Å²) >= 11 is 0. The molecule has 0 unspecified atom stereocenters. The number of amides is 3. The van der Waals surface area contributed by atoms with E-state index in [1.165, 1.54) is 11.8 Å². The van der Waals surface area contributed by atoms with Crippen molar-refractivity contribution in [2.75, 3.05) is 23.4 Å². The maximum atomic E-state index is 12.5.